The third kappa shape index (κ3) is 33.3. The number of nitrogens with zero attached hydrogens (tertiary/aromatic N) is 1. The van der Waals surface area contributed by atoms with Gasteiger partial charge in [0, 0.05) is 32.2 Å². The molecule has 0 heterocycles. The molecule has 0 aliphatic heterocycles. The van der Waals surface area contributed by atoms with E-state index in [1.165, 1.54) is 96.3 Å². The molecule has 2 N–H and O–H groups in total. The van der Waals surface area contributed by atoms with Crippen molar-refractivity contribution < 1.29 is 37.9 Å². The van der Waals surface area contributed by atoms with Crippen LogP contribution in [0.3, 0.4) is 0 Å². The average Bonchev–Trinajstić information content (AvgIpc) is 3.12. The van der Waals surface area contributed by atoms with Gasteiger partial charge in [0.25, 0.3) is 8.53 Å². The lowest BCUT2D eigenvalue weighted by Crippen LogP contribution is -2.30. The Morgan fingerprint density at radius 2 is 1.16 bits per heavy atom. The maximum atomic E-state index is 12.0. The molecular formula is C39H81N2O8P. The van der Waals surface area contributed by atoms with E-state index in [0.717, 1.165) is 45.4 Å². The molecule has 0 aromatic heterocycles. The molecule has 3 unspecified atom stereocenters. The number of amides is 1. The number of hydrogen-bond acceptors (Lipinski definition) is 9. The van der Waals surface area contributed by atoms with Crippen molar-refractivity contribution in [2.45, 2.75) is 163 Å². The van der Waals surface area contributed by atoms with Gasteiger partial charge < -0.3 is 38.4 Å². The van der Waals surface area contributed by atoms with Gasteiger partial charge in [-0.05, 0) is 25.7 Å². The Bertz CT molecular complexity index is 690. The Balaban J connectivity index is 3.66. The number of aliphatic hydroxyl groups is 1. The summed E-state index contributed by atoms with van der Waals surface area (Å²) >= 11 is 0. The molecule has 50 heavy (non-hydrogen) atoms. The largest absolute Gasteiger partial charge is 0.449 e. The number of unbranched alkanes of at least 4 members (excludes halogenated alkanes) is 15. The van der Waals surface area contributed by atoms with E-state index in [1.54, 1.807) is 0 Å². The van der Waals surface area contributed by atoms with Crippen molar-refractivity contribution in [1.82, 2.24) is 9.99 Å². The summed E-state index contributed by atoms with van der Waals surface area (Å²) in [6.07, 6.45) is 23.9. The minimum atomic E-state index is -1.24. The van der Waals surface area contributed by atoms with Crippen molar-refractivity contribution in [3.63, 3.8) is 0 Å². The van der Waals surface area contributed by atoms with E-state index in [4.69, 9.17) is 28.0 Å². The highest BCUT2D eigenvalue weighted by Crippen LogP contribution is 2.44. The highest BCUT2D eigenvalue weighted by atomic mass is 31.2. The number of hydrogen-bond donors (Lipinski definition) is 2. The van der Waals surface area contributed by atoms with Crippen molar-refractivity contribution in [2.75, 3.05) is 79.1 Å². The fourth-order valence-corrected chi connectivity index (χ4v) is 7.20. The zero-order valence-electron chi connectivity index (χ0n) is 33.3. The zero-order chi connectivity index (χ0) is 36.8. The summed E-state index contributed by atoms with van der Waals surface area (Å²) in [4.78, 5) is 12.0. The molecule has 10 nitrogen and oxygen atoms in total. The first kappa shape index (κ1) is 49.4. The van der Waals surface area contributed by atoms with Gasteiger partial charge >= 0.3 is 6.09 Å². The highest BCUT2D eigenvalue weighted by Gasteiger charge is 2.24. The molecule has 0 saturated carbocycles. The van der Waals surface area contributed by atoms with Gasteiger partial charge in [-0.15, -0.1) is 0 Å². The standard InChI is InChI=1S/C39H81N2O8P/c1-6-10-11-12-13-14-15-16-17-18-19-20-21-22-23-24-29-45-34-37(5)35-47-39(43)40-25-30-44-31-32-46-36-38(33-42)49-50(48-28-9-4)41(26-7-2)27-8-3/h37-38,42H,6-36H2,1-5H3,(H,40,43). The first-order chi connectivity index (χ1) is 24.5. The second kappa shape index (κ2) is 39.6. The molecule has 1 amide bonds. The van der Waals surface area contributed by atoms with Gasteiger partial charge in [0.2, 0.25) is 0 Å². The van der Waals surface area contributed by atoms with Crippen molar-refractivity contribution in [3.05, 3.63) is 0 Å². The number of carbonyl (C=O) groups excluding carboxylic acids is 1. The van der Waals surface area contributed by atoms with Crippen LogP contribution in [0.2, 0.25) is 0 Å². The van der Waals surface area contributed by atoms with Crippen LogP contribution in [0.4, 0.5) is 4.79 Å². The fraction of sp³-hybridized carbons (Fsp3) is 0.974. The summed E-state index contributed by atoms with van der Waals surface area (Å²) in [5, 5.41) is 12.5. The van der Waals surface area contributed by atoms with Gasteiger partial charge in [-0.3, -0.25) is 0 Å². The first-order valence-corrected chi connectivity index (χ1v) is 21.7. The quantitative estimate of drug-likeness (QED) is 0.0470. The van der Waals surface area contributed by atoms with Crippen molar-refractivity contribution in [1.29, 1.82) is 0 Å². The maximum absolute atomic E-state index is 12.0. The number of carbonyl (C=O) groups is 1. The fourth-order valence-electron chi connectivity index (χ4n) is 5.40. The molecule has 0 radical (unpaired) electrons. The van der Waals surface area contributed by atoms with Crippen LogP contribution < -0.4 is 5.32 Å². The number of alkyl carbamates (subject to hydrolysis) is 1. The van der Waals surface area contributed by atoms with E-state index in [0.29, 0.717) is 46.2 Å². The molecule has 11 heteroatoms. The van der Waals surface area contributed by atoms with Gasteiger partial charge in [-0.1, -0.05) is 131 Å². The second-order valence-electron chi connectivity index (χ2n) is 13.6. The summed E-state index contributed by atoms with van der Waals surface area (Å²) in [7, 11) is -1.24. The highest BCUT2D eigenvalue weighted by molar-refractivity contribution is 7.44. The Kier molecular flexibility index (Phi) is 39.2. The van der Waals surface area contributed by atoms with Gasteiger partial charge in [-0.2, -0.15) is 0 Å². The third-order valence-corrected chi connectivity index (χ3v) is 10.0. The minimum Gasteiger partial charge on any atom is -0.449 e. The van der Waals surface area contributed by atoms with Crippen molar-refractivity contribution >= 4 is 14.6 Å². The summed E-state index contributed by atoms with van der Waals surface area (Å²) in [6.45, 7) is 16.3. The number of rotatable bonds is 40. The Morgan fingerprint density at radius 1 is 0.620 bits per heavy atom. The summed E-state index contributed by atoms with van der Waals surface area (Å²) in [6, 6.07) is 0. The van der Waals surface area contributed by atoms with E-state index in [1.807, 2.05) is 6.92 Å². The van der Waals surface area contributed by atoms with Crippen LogP contribution in [-0.2, 0) is 28.0 Å². The molecule has 0 spiro atoms. The lowest BCUT2D eigenvalue weighted by atomic mass is 10.0. The van der Waals surface area contributed by atoms with Crippen LogP contribution in [-0.4, -0.2) is 101 Å². The first-order valence-electron chi connectivity index (χ1n) is 20.6. The zero-order valence-corrected chi connectivity index (χ0v) is 34.2. The van der Waals surface area contributed by atoms with E-state index in [9.17, 15) is 9.90 Å². The van der Waals surface area contributed by atoms with Crippen LogP contribution in [0.5, 0.6) is 0 Å². The van der Waals surface area contributed by atoms with E-state index in [2.05, 4.69) is 37.7 Å². The molecule has 0 bridgehead atoms. The van der Waals surface area contributed by atoms with Gasteiger partial charge in [0.15, 0.2) is 0 Å². The predicted molar refractivity (Wildman–Crippen MR) is 208 cm³/mol. The smallest absolute Gasteiger partial charge is 0.407 e. The monoisotopic (exact) mass is 737 g/mol. The van der Waals surface area contributed by atoms with Crippen molar-refractivity contribution in [3.8, 4) is 0 Å². The molecule has 0 aliphatic carbocycles. The van der Waals surface area contributed by atoms with Gasteiger partial charge in [-0.25, -0.2) is 9.46 Å². The molecule has 300 valence electrons. The molecule has 0 aromatic rings. The molecule has 3 atom stereocenters. The number of ether oxygens (including phenoxy) is 4. The normalized spacial score (nSPS) is 13.5. The second-order valence-corrected chi connectivity index (χ2v) is 15.1. The van der Waals surface area contributed by atoms with Crippen LogP contribution in [0, 0.1) is 5.92 Å². The maximum Gasteiger partial charge on any atom is 0.407 e. The van der Waals surface area contributed by atoms with E-state index >= 15 is 0 Å². The summed E-state index contributed by atoms with van der Waals surface area (Å²) < 4.78 is 36.7. The molecule has 0 fully saturated rings. The summed E-state index contributed by atoms with van der Waals surface area (Å²) in [5.74, 6) is 0.151. The van der Waals surface area contributed by atoms with Crippen LogP contribution >= 0.6 is 8.53 Å². The Labute approximate surface area is 309 Å². The number of nitrogens with one attached hydrogen (secondary N) is 1. The van der Waals surface area contributed by atoms with Gasteiger partial charge in [0.05, 0.1) is 52.9 Å². The molecular weight excluding hydrogens is 655 g/mol. The van der Waals surface area contributed by atoms with Crippen LogP contribution in [0.1, 0.15) is 157 Å². The average molecular weight is 737 g/mol. The predicted octanol–water partition coefficient (Wildman–Crippen LogP) is 9.81. The lowest BCUT2D eigenvalue weighted by molar-refractivity contribution is -0.00919. The molecule has 0 saturated heterocycles. The lowest BCUT2D eigenvalue weighted by Gasteiger charge is -2.31. The van der Waals surface area contributed by atoms with Crippen LogP contribution in [0.25, 0.3) is 0 Å². The van der Waals surface area contributed by atoms with Crippen molar-refractivity contribution in [2.24, 2.45) is 5.92 Å². The van der Waals surface area contributed by atoms with E-state index in [-0.39, 0.29) is 19.1 Å². The van der Waals surface area contributed by atoms with E-state index < -0.39 is 20.7 Å². The Morgan fingerprint density at radius 3 is 1.70 bits per heavy atom. The molecule has 0 aliphatic rings. The topological polar surface area (TPSA) is 108 Å². The van der Waals surface area contributed by atoms with Crippen LogP contribution in [0.15, 0.2) is 0 Å². The Hall–Kier alpha value is -0.580. The summed E-state index contributed by atoms with van der Waals surface area (Å²) in [5.41, 5.74) is 0. The number of aliphatic hydroxyl groups excluding tert-OH is 1. The SMILES string of the molecule is CCCCCCCCCCCCCCCCCCOCC(C)COC(=O)NCCOCCOCC(CO)OP(OCCC)N(CCC)CCC. The van der Waals surface area contributed by atoms with Gasteiger partial charge in [0.1, 0.15) is 6.10 Å². The molecule has 0 rings (SSSR count). The third-order valence-electron chi connectivity index (χ3n) is 8.28. The minimum absolute atomic E-state index is 0.141. The molecule has 0 aromatic carbocycles.